The number of hydrogen-bond acceptors (Lipinski definition) is 4. The number of aromatic nitrogens is 2. The summed E-state index contributed by atoms with van der Waals surface area (Å²) in [5.41, 5.74) is 0.663. The number of halogens is 1. The Hall–Kier alpha value is -1.36. The molecule has 0 saturated heterocycles. The standard InChI is InChI=1S/C11H13ClN4O/c1-2-8-10(17)14-7-5-13-11(12)15-9(7)16(8)6-3-4-6/h5-6,8H,2-4H2,1H3,(H,14,17). The topological polar surface area (TPSA) is 58.1 Å². The number of hydrogen-bond donors (Lipinski definition) is 1. The first-order valence-corrected chi connectivity index (χ1v) is 6.20. The van der Waals surface area contributed by atoms with Crippen LogP contribution in [0, 0.1) is 0 Å². The van der Waals surface area contributed by atoms with Crippen LogP contribution in [-0.2, 0) is 4.79 Å². The number of fused-ring (bicyclic) bond motifs is 1. The van der Waals surface area contributed by atoms with Crippen molar-refractivity contribution in [3.8, 4) is 0 Å². The summed E-state index contributed by atoms with van der Waals surface area (Å²) in [4.78, 5) is 22.2. The molecule has 1 N–H and O–H groups in total. The van der Waals surface area contributed by atoms with Gasteiger partial charge in [-0.15, -0.1) is 0 Å². The normalized spacial score (nSPS) is 23.3. The van der Waals surface area contributed by atoms with Gasteiger partial charge >= 0.3 is 0 Å². The highest BCUT2D eigenvalue weighted by Gasteiger charge is 2.41. The van der Waals surface area contributed by atoms with E-state index < -0.39 is 0 Å². The third-order valence-electron chi connectivity index (χ3n) is 3.21. The molecule has 90 valence electrons. The van der Waals surface area contributed by atoms with Crippen molar-refractivity contribution in [3.05, 3.63) is 11.5 Å². The molecule has 0 spiro atoms. The summed E-state index contributed by atoms with van der Waals surface area (Å²) in [5, 5.41) is 3.06. The van der Waals surface area contributed by atoms with Gasteiger partial charge in [0.15, 0.2) is 5.82 Å². The van der Waals surface area contributed by atoms with Crippen LogP contribution in [0.3, 0.4) is 0 Å². The number of carbonyl (C=O) groups excluding carboxylic acids is 1. The van der Waals surface area contributed by atoms with Crippen molar-refractivity contribution in [1.29, 1.82) is 0 Å². The van der Waals surface area contributed by atoms with E-state index in [-0.39, 0.29) is 17.2 Å². The third-order valence-corrected chi connectivity index (χ3v) is 3.39. The molecule has 2 heterocycles. The minimum absolute atomic E-state index is 0.0258. The van der Waals surface area contributed by atoms with Crippen LogP contribution < -0.4 is 10.2 Å². The maximum atomic E-state index is 12.0. The van der Waals surface area contributed by atoms with E-state index in [9.17, 15) is 4.79 Å². The second-order valence-electron chi connectivity index (χ2n) is 4.43. The molecule has 1 fully saturated rings. The summed E-state index contributed by atoms with van der Waals surface area (Å²) in [6.07, 6.45) is 4.57. The molecule has 1 aromatic heterocycles. The number of anilines is 2. The van der Waals surface area contributed by atoms with E-state index in [1.165, 1.54) is 0 Å². The van der Waals surface area contributed by atoms with Gasteiger partial charge in [0, 0.05) is 6.04 Å². The average molecular weight is 253 g/mol. The summed E-state index contributed by atoms with van der Waals surface area (Å²) in [6, 6.07) is 0.289. The Morgan fingerprint density at radius 2 is 2.35 bits per heavy atom. The smallest absolute Gasteiger partial charge is 0.247 e. The Labute approximate surface area is 104 Å². The lowest BCUT2D eigenvalue weighted by Gasteiger charge is -2.36. The Kier molecular flexibility index (Phi) is 2.43. The highest BCUT2D eigenvalue weighted by Crippen LogP contribution is 2.39. The Balaban J connectivity index is 2.08. The van der Waals surface area contributed by atoms with E-state index in [2.05, 4.69) is 20.2 Å². The molecule has 2 aliphatic rings. The van der Waals surface area contributed by atoms with E-state index in [1.54, 1.807) is 6.20 Å². The van der Waals surface area contributed by atoms with E-state index >= 15 is 0 Å². The van der Waals surface area contributed by atoms with Crippen molar-refractivity contribution in [2.24, 2.45) is 0 Å². The first kappa shape index (κ1) is 10.8. The van der Waals surface area contributed by atoms with Gasteiger partial charge in [-0.1, -0.05) is 6.92 Å². The van der Waals surface area contributed by atoms with Crippen molar-refractivity contribution in [2.45, 2.75) is 38.3 Å². The molecule has 1 saturated carbocycles. The molecule has 1 aromatic rings. The highest BCUT2D eigenvalue weighted by molar-refractivity contribution is 6.28. The van der Waals surface area contributed by atoms with Crippen molar-refractivity contribution < 1.29 is 4.79 Å². The van der Waals surface area contributed by atoms with Crippen molar-refractivity contribution in [1.82, 2.24) is 9.97 Å². The molecule has 17 heavy (non-hydrogen) atoms. The van der Waals surface area contributed by atoms with Crippen molar-refractivity contribution >= 4 is 29.0 Å². The predicted octanol–water partition coefficient (Wildman–Crippen LogP) is 1.83. The third kappa shape index (κ3) is 1.74. The minimum Gasteiger partial charge on any atom is -0.340 e. The van der Waals surface area contributed by atoms with Crippen LogP contribution in [0.1, 0.15) is 26.2 Å². The van der Waals surface area contributed by atoms with Crippen LogP contribution in [0.15, 0.2) is 6.20 Å². The van der Waals surface area contributed by atoms with Gasteiger partial charge in [0.2, 0.25) is 11.2 Å². The molecule has 1 aliphatic heterocycles. The van der Waals surface area contributed by atoms with E-state index in [0.717, 1.165) is 25.1 Å². The molecule has 3 rings (SSSR count). The molecular weight excluding hydrogens is 240 g/mol. The number of amides is 1. The average Bonchev–Trinajstić information content (AvgIpc) is 3.12. The van der Waals surface area contributed by atoms with Gasteiger partial charge < -0.3 is 10.2 Å². The molecule has 6 heteroatoms. The number of nitrogens with one attached hydrogen (secondary N) is 1. The molecule has 1 unspecified atom stereocenters. The number of carbonyl (C=O) groups is 1. The first-order chi connectivity index (χ1) is 8.20. The fraction of sp³-hybridized carbons (Fsp3) is 0.545. The van der Waals surface area contributed by atoms with E-state index in [0.29, 0.717) is 11.7 Å². The molecule has 0 aromatic carbocycles. The van der Waals surface area contributed by atoms with Gasteiger partial charge in [0.1, 0.15) is 11.7 Å². The lowest BCUT2D eigenvalue weighted by Crippen LogP contribution is -2.49. The van der Waals surface area contributed by atoms with Crippen molar-refractivity contribution in [3.63, 3.8) is 0 Å². The SMILES string of the molecule is CCC1C(=O)Nc2cnc(Cl)nc2N1C1CC1. The molecular formula is C11H13ClN4O. The summed E-state index contributed by atoms with van der Waals surface area (Å²) >= 11 is 5.83. The maximum Gasteiger partial charge on any atom is 0.247 e. The zero-order chi connectivity index (χ0) is 12.0. The Bertz CT molecular complexity index is 475. The van der Waals surface area contributed by atoms with Gasteiger partial charge in [-0.3, -0.25) is 4.79 Å². The second kappa shape index (κ2) is 3.84. The maximum absolute atomic E-state index is 12.0. The highest BCUT2D eigenvalue weighted by atomic mass is 35.5. The van der Waals surface area contributed by atoms with Crippen LogP contribution in [0.25, 0.3) is 0 Å². The fourth-order valence-electron chi connectivity index (χ4n) is 2.29. The molecule has 1 aliphatic carbocycles. The summed E-state index contributed by atoms with van der Waals surface area (Å²) in [7, 11) is 0. The zero-order valence-electron chi connectivity index (χ0n) is 9.48. The Morgan fingerprint density at radius 3 is 3.00 bits per heavy atom. The lowest BCUT2D eigenvalue weighted by molar-refractivity contribution is -0.117. The van der Waals surface area contributed by atoms with Crippen LogP contribution in [0.4, 0.5) is 11.5 Å². The first-order valence-electron chi connectivity index (χ1n) is 5.82. The van der Waals surface area contributed by atoms with Crippen LogP contribution in [-0.4, -0.2) is 28.0 Å². The molecule has 1 amide bonds. The predicted molar refractivity (Wildman–Crippen MR) is 65.3 cm³/mol. The van der Waals surface area contributed by atoms with Crippen LogP contribution in [0.2, 0.25) is 5.28 Å². The van der Waals surface area contributed by atoms with Crippen LogP contribution >= 0.6 is 11.6 Å². The quantitative estimate of drug-likeness (QED) is 0.816. The van der Waals surface area contributed by atoms with Gasteiger partial charge in [-0.2, -0.15) is 4.98 Å². The zero-order valence-corrected chi connectivity index (χ0v) is 10.2. The summed E-state index contributed by atoms with van der Waals surface area (Å²) in [6.45, 7) is 2.01. The monoisotopic (exact) mass is 252 g/mol. The van der Waals surface area contributed by atoms with Gasteiger partial charge in [-0.25, -0.2) is 4.98 Å². The van der Waals surface area contributed by atoms with Gasteiger partial charge in [0.05, 0.1) is 6.20 Å². The fourth-order valence-corrected chi connectivity index (χ4v) is 2.42. The summed E-state index contributed by atoms with van der Waals surface area (Å²) in [5.74, 6) is 0.789. The van der Waals surface area contributed by atoms with Gasteiger partial charge in [0.25, 0.3) is 0 Å². The van der Waals surface area contributed by atoms with Crippen molar-refractivity contribution in [2.75, 3.05) is 10.2 Å². The van der Waals surface area contributed by atoms with Gasteiger partial charge in [-0.05, 0) is 30.9 Å². The molecule has 5 nitrogen and oxygen atoms in total. The Morgan fingerprint density at radius 1 is 1.59 bits per heavy atom. The minimum atomic E-state index is -0.138. The largest absolute Gasteiger partial charge is 0.340 e. The summed E-state index contributed by atoms with van der Waals surface area (Å²) < 4.78 is 0. The van der Waals surface area contributed by atoms with Crippen LogP contribution in [0.5, 0.6) is 0 Å². The number of nitrogens with zero attached hydrogens (tertiary/aromatic N) is 3. The second-order valence-corrected chi connectivity index (χ2v) is 4.77. The number of rotatable bonds is 2. The van der Waals surface area contributed by atoms with E-state index in [4.69, 9.17) is 11.6 Å². The molecule has 0 radical (unpaired) electrons. The molecule has 0 bridgehead atoms. The van der Waals surface area contributed by atoms with E-state index in [1.807, 2.05) is 6.92 Å². The lowest BCUT2D eigenvalue weighted by atomic mass is 10.1. The molecule has 1 atom stereocenters.